The molecular formula is C9H5ClO3. The number of rotatable bonds is 1. The van der Waals surface area contributed by atoms with Crippen molar-refractivity contribution in [1.82, 2.24) is 0 Å². The third-order valence-electron chi connectivity index (χ3n) is 1.78. The van der Waals surface area contributed by atoms with Crippen molar-refractivity contribution in [2.24, 2.45) is 0 Å². The normalized spacial score (nSPS) is 10.5. The van der Waals surface area contributed by atoms with E-state index in [-0.39, 0.29) is 5.56 Å². The second kappa shape index (κ2) is 2.78. The summed E-state index contributed by atoms with van der Waals surface area (Å²) < 4.78 is 5.04. The number of carboxylic acids is 1. The summed E-state index contributed by atoms with van der Waals surface area (Å²) in [5.41, 5.74) is 0.684. The summed E-state index contributed by atoms with van der Waals surface area (Å²) in [6.45, 7) is 0. The fourth-order valence-electron chi connectivity index (χ4n) is 1.13. The van der Waals surface area contributed by atoms with Crippen LogP contribution >= 0.6 is 11.6 Å². The van der Waals surface area contributed by atoms with E-state index in [2.05, 4.69) is 0 Å². The van der Waals surface area contributed by atoms with Gasteiger partial charge in [-0.25, -0.2) is 4.79 Å². The fourth-order valence-corrected chi connectivity index (χ4v) is 1.33. The van der Waals surface area contributed by atoms with Crippen LogP contribution in [0.4, 0.5) is 0 Å². The highest BCUT2D eigenvalue weighted by Crippen LogP contribution is 2.26. The van der Waals surface area contributed by atoms with E-state index in [0.29, 0.717) is 10.6 Å². The predicted octanol–water partition coefficient (Wildman–Crippen LogP) is 2.78. The van der Waals surface area contributed by atoms with E-state index in [4.69, 9.17) is 21.1 Å². The van der Waals surface area contributed by atoms with Gasteiger partial charge in [0.05, 0.1) is 10.6 Å². The van der Waals surface area contributed by atoms with Gasteiger partial charge in [-0.15, -0.1) is 0 Å². The first-order valence-corrected chi connectivity index (χ1v) is 3.96. The zero-order chi connectivity index (χ0) is 9.42. The van der Waals surface area contributed by atoms with Crippen molar-refractivity contribution in [1.29, 1.82) is 0 Å². The van der Waals surface area contributed by atoms with E-state index in [1.54, 1.807) is 6.07 Å². The second-order valence-electron chi connectivity index (χ2n) is 2.60. The van der Waals surface area contributed by atoms with Crippen LogP contribution in [0.25, 0.3) is 11.0 Å². The molecule has 66 valence electrons. The quantitative estimate of drug-likeness (QED) is 0.763. The van der Waals surface area contributed by atoms with Crippen molar-refractivity contribution in [2.75, 3.05) is 0 Å². The number of benzene rings is 1. The molecular weight excluding hydrogens is 192 g/mol. The number of carboxylic acid groups (broad SMARTS) is 1. The lowest BCUT2D eigenvalue weighted by molar-refractivity contribution is 0.0697. The zero-order valence-electron chi connectivity index (χ0n) is 6.45. The monoisotopic (exact) mass is 196 g/mol. The Morgan fingerprint density at radius 3 is 2.92 bits per heavy atom. The maximum Gasteiger partial charge on any atom is 0.335 e. The van der Waals surface area contributed by atoms with E-state index in [1.165, 1.54) is 18.4 Å². The Morgan fingerprint density at radius 1 is 1.46 bits per heavy atom. The molecule has 0 radical (unpaired) electrons. The highest BCUT2D eigenvalue weighted by Gasteiger charge is 2.07. The molecule has 3 nitrogen and oxygen atoms in total. The van der Waals surface area contributed by atoms with Crippen LogP contribution in [0.1, 0.15) is 10.4 Å². The smallest absolute Gasteiger partial charge is 0.335 e. The summed E-state index contributed by atoms with van der Waals surface area (Å²) in [7, 11) is 0. The van der Waals surface area contributed by atoms with E-state index >= 15 is 0 Å². The Kier molecular flexibility index (Phi) is 1.74. The van der Waals surface area contributed by atoms with Crippen LogP contribution in [0.3, 0.4) is 0 Å². The van der Waals surface area contributed by atoms with Crippen molar-refractivity contribution in [3.05, 3.63) is 35.0 Å². The van der Waals surface area contributed by atoms with Crippen molar-refractivity contribution < 1.29 is 14.3 Å². The minimum absolute atomic E-state index is 0.193. The summed E-state index contributed by atoms with van der Waals surface area (Å²) in [4.78, 5) is 10.6. The SMILES string of the molecule is O=C(O)c1ccc2c(Cl)coc2c1. The maximum atomic E-state index is 10.6. The summed E-state index contributed by atoms with van der Waals surface area (Å²) in [6.07, 6.45) is 1.39. The number of aromatic carboxylic acids is 1. The molecule has 0 saturated heterocycles. The molecule has 1 aromatic heterocycles. The summed E-state index contributed by atoms with van der Waals surface area (Å²) in [5.74, 6) is -0.977. The van der Waals surface area contributed by atoms with Crippen molar-refractivity contribution in [2.45, 2.75) is 0 Å². The number of furan rings is 1. The van der Waals surface area contributed by atoms with Gasteiger partial charge >= 0.3 is 5.97 Å². The average Bonchev–Trinajstić information content (AvgIpc) is 2.47. The van der Waals surface area contributed by atoms with Crippen LogP contribution in [0.2, 0.25) is 5.02 Å². The molecule has 4 heteroatoms. The molecule has 0 aliphatic carbocycles. The van der Waals surface area contributed by atoms with Crippen LogP contribution in [0, 0.1) is 0 Å². The molecule has 0 aliphatic rings. The first-order valence-electron chi connectivity index (χ1n) is 3.58. The molecule has 1 heterocycles. The van der Waals surface area contributed by atoms with Gasteiger partial charge in [0.2, 0.25) is 0 Å². The molecule has 0 fully saturated rings. The van der Waals surface area contributed by atoms with Crippen LogP contribution in [0.15, 0.2) is 28.9 Å². The zero-order valence-corrected chi connectivity index (χ0v) is 7.21. The fraction of sp³-hybridized carbons (Fsp3) is 0. The van der Waals surface area contributed by atoms with E-state index in [1.807, 2.05) is 0 Å². The third kappa shape index (κ3) is 1.27. The largest absolute Gasteiger partial charge is 0.478 e. The van der Waals surface area contributed by atoms with Crippen LogP contribution < -0.4 is 0 Å². The Hall–Kier alpha value is -1.48. The van der Waals surface area contributed by atoms with Gasteiger partial charge in [0, 0.05) is 5.39 Å². The van der Waals surface area contributed by atoms with Crippen LogP contribution in [-0.4, -0.2) is 11.1 Å². The molecule has 1 N–H and O–H groups in total. The lowest BCUT2D eigenvalue weighted by Gasteiger charge is -1.92. The lowest BCUT2D eigenvalue weighted by Crippen LogP contribution is -1.94. The average molecular weight is 197 g/mol. The third-order valence-corrected chi connectivity index (χ3v) is 2.07. The Labute approximate surface area is 78.5 Å². The number of carbonyl (C=O) groups is 1. The number of halogens is 1. The topological polar surface area (TPSA) is 50.4 Å². The van der Waals surface area contributed by atoms with Gasteiger partial charge in [-0.2, -0.15) is 0 Å². The Balaban J connectivity index is 2.70. The first kappa shape index (κ1) is 8.13. The molecule has 2 aromatic rings. The van der Waals surface area contributed by atoms with Gasteiger partial charge < -0.3 is 9.52 Å². The van der Waals surface area contributed by atoms with Crippen LogP contribution in [-0.2, 0) is 0 Å². The van der Waals surface area contributed by atoms with Gasteiger partial charge in [-0.05, 0) is 18.2 Å². The van der Waals surface area contributed by atoms with Gasteiger partial charge in [0.1, 0.15) is 11.8 Å². The van der Waals surface area contributed by atoms with Crippen molar-refractivity contribution in [3.8, 4) is 0 Å². The molecule has 0 saturated carbocycles. The molecule has 0 amide bonds. The highest BCUT2D eigenvalue weighted by molar-refractivity contribution is 6.35. The van der Waals surface area contributed by atoms with Crippen molar-refractivity contribution >= 4 is 28.5 Å². The maximum absolute atomic E-state index is 10.6. The predicted molar refractivity (Wildman–Crippen MR) is 48.2 cm³/mol. The molecule has 1 aromatic carbocycles. The lowest BCUT2D eigenvalue weighted by atomic mass is 10.2. The number of hydrogen-bond acceptors (Lipinski definition) is 2. The van der Waals surface area contributed by atoms with Crippen molar-refractivity contribution in [3.63, 3.8) is 0 Å². The Bertz CT molecular complexity index is 473. The summed E-state index contributed by atoms with van der Waals surface area (Å²) in [5, 5.41) is 9.90. The van der Waals surface area contributed by atoms with E-state index < -0.39 is 5.97 Å². The standard InChI is InChI=1S/C9H5ClO3/c10-7-4-13-8-3-5(9(11)12)1-2-6(7)8/h1-4H,(H,11,12). The van der Waals surface area contributed by atoms with E-state index in [0.717, 1.165) is 5.39 Å². The molecule has 0 bridgehead atoms. The van der Waals surface area contributed by atoms with Crippen LogP contribution in [0.5, 0.6) is 0 Å². The molecule has 13 heavy (non-hydrogen) atoms. The number of hydrogen-bond donors (Lipinski definition) is 1. The first-order chi connectivity index (χ1) is 6.18. The minimum atomic E-state index is -0.977. The summed E-state index contributed by atoms with van der Waals surface area (Å²) >= 11 is 5.76. The second-order valence-corrected chi connectivity index (χ2v) is 3.01. The molecule has 0 unspecified atom stereocenters. The van der Waals surface area contributed by atoms with Gasteiger partial charge in [0.25, 0.3) is 0 Å². The van der Waals surface area contributed by atoms with Gasteiger partial charge in [-0.3, -0.25) is 0 Å². The Morgan fingerprint density at radius 2 is 2.23 bits per heavy atom. The molecule has 0 atom stereocenters. The highest BCUT2D eigenvalue weighted by atomic mass is 35.5. The van der Waals surface area contributed by atoms with Gasteiger partial charge in [-0.1, -0.05) is 11.6 Å². The minimum Gasteiger partial charge on any atom is -0.478 e. The van der Waals surface area contributed by atoms with Gasteiger partial charge in [0.15, 0.2) is 0 Å². The summed E-state index contributed by atoms with van der Waals surface area (Å²) in [6, 6.07) is 4.57. The molecule has 2 rings (SSSR count). The molecule has 0 aliphatic heterocycles. The van der Waals surface area contributed by atoms with E-state index in [9.17, 15) is 4.79 Å². The molecule has 0 spiro atoms. The number of fused-ring (bicyclic) bond motifs is 1.